The van der Waals surface area contributed by atoms with Gasteiger partial charge in [-0.25, -0.2) is 0 Å². The minimum atomic E-state index is -0.134. The number of nitrogen functional groups attached to an aromatic ring is 1. The number of hydrogen-bond donors (Lipinski definition) is 1. The average Bonchev–Trinajstić information content (AvgIpc) is 2.08. The predicted octanol–water partition coefficient (Wildman–Crippen LogP) is 2.34. The van der Waals surface area contributed by atoms with Gasteiger partial charge in [0.05, 0.1) is 4.11 Å². The lowest BCUT2D eigenvalue weighted by atomic mass is 10.2. The van der Waals surface area contributed by atoms with Crippen LogP contribution in [0.5, 0.6) is 0 Å². The molecule has 0 amide bonds. The van der Waals surface area contributed by atoms with Gasteiger partial charge in [0.2, 0.25) is 0 Å². The molecule has 1 rings (SSSR count). The Balaban J connectivity index is 3.60. The molecular formula is C7H8BrN. The zero-order chi connectivity index (χ0) is 9.46. The second-order valence-corrected chi connectivity index (χ2v) is 2.52. The molecule has 0 heterocycles. The summed E-state index contributed by atoms with van der Waals surface area (Å²) in [6, 6.07) is -0.183. The first-order chi connectivity index (χ1) is 5.46. The summed E-state index contributed by atoms with van der Waals surface area (Å²) in [5, 5.41) is 0. The number of anilines is 1. The number of rotatable bonds is 0. The summed E-state index contributed by atoms with van der Waals surface area (Å²) in [7, 11) is 0. The molecule has 0 spiro atoms. The zero-order valence-corrected chi connectivity index (χ0v) is 6.54. The molecule has 0 unspecified atom stereocenters. The second kappa shape index (κ2) is 2.40. The molecule has 2 N–H and O–H groups in total. The summed E-state index contributed by atoms with van der Waals surface area (Å²) >= 11 is 3.14. The van der Waals surface area contributed by atoms with Gasteiger partial charge in [-0.2, -0.15) is 0 Å². The fourth-order valence-corrected chi connectivity index (χ4v) is 0.772. The third-order valence-corrected chi connectivity index (χ3v) is 1.90. The Morgan fingerprint density at radius 2 is 2.33 bits per heavy atom. The summed E-state index contributed by atoms with van der Waals surface area (Å²) in [4.78, 5) is 0. The quantitative estimate of drug-likeness (QED) is 0.622. The summed E-state index contributed by atoms with van der Waals surface area (Å²) in [6.07, 6.45) is 0. The Morgan fingerprint density at radius 3 is 3.00 bits per heavy atom. The first kappa shape index (κ1) is 3.62. The number of nitrogens with two attached hydrogens (primary N) is 1. The lowest BCUT2D eigenvalue weighted by Gasteiger charge is -1.99. The molecule has 1 aromatic rings. The van der Waals surface area contributed by atoms with E-state index < -0.39 is 0 Å². The Hall–Kier alpha value is -0.500. The Bertz CT molecular complexity index is 233. The van der Waals surface area contributed by atoms with Crippen molar-refractivity contribution in [3.05, 3.63) is 28.2 Å². The highest BCUT2D eigenvalue weighted by Gasteiger charge is 1.94. The van der Waals surface area contributed by atoms with E-state index in [9.17, 15) is 0 Å². The van der Waals surface area contributed by atoms with Gasteiger partial charge < -0.3 is 5.73 Å². The van der Waals surface area contributed by atoms with E-state index in [2.05, 4.69) is 15.9 Å². The molecule has 0 bridgehead atoms. The van der Waals surface area contributed by atoms with E-state index in [4.69, 9.17) is 9.85 Å². The number of hydrogen-bond acceptors (Lipinski definition) is 1. The third kappa shape index (κ3) is 1.24. The van der Waals surface area contributed by atoms with Gasteiger partial charge in [-0.3, -0.25) is 0 Å². The van der Waals surface area contributed by atoms with Gasteiger partial charge in [-0.15, -0.1) is 0 Å². The first-order valence-corrected chi connectivity index (χ1v) is 3.27. The van der Waals surface area contributed by atoms with Gasteiger partial charge in [0.1, 0.15) is 0 Å². The first-order valence-electron chi connectivity index (χ1n) is 3.98. The highest BCUT2D eigenvalue weighted by atomic mass is 79.9. The largest absolute Gasteiger partial charge is 0.398 e. The molecule has 0 aromatic heterocycles. The average molecular weight is 189 g/mol. The van der Waals surface area contributed by atoms with Gasteiger partial charge >= 0.3 is 0 Å². The number of benzene rings is 1. The highest BCUT2D eigenvalue weighted by Crippen LogP contribution is 2.20. The van der Waals surface area contributed by atoms with Crippen molar-refractivity contribution in [2.75, 3.05) is 5.73 Å². The van der Waals surface area contributed by atoms with Gasteiger partial charge in [0, 0.05) is 10.2 Å². The van der Waals surface area contributed by atoms with Crippen LogP contribution in [-0.4, -0.2) is 0 Å². The van der Waals surface area contributed by atoms with Gasteiger partial charge in [0.25, 0.3) is 0 Å². The van der Waals surface area contributed by atoms with E-state index in [1.807, 2.05) is 0 Å². The zero-order valence-electron chi connectivity index (χ0n) is 7.96. The lowest BCUT2D eigenvalue weighted by molar-refractivity contribution is 1.43. The molecule has 1 aromatic carbocycles. The second-order valence-electron chi connectivity index (χ2n) is 1.73. The van der Waals surface area contributed by atoms with E-state index in [0.29, 0.717) is 10.0 Å². The van der Waals surface area contributed by atoms with E-state index in [0.717, 1.165) is 0 Å². The smallest absolute Gasteiger partial charge is 0.0645 e. The Morgan fingerprint density at radius 1 is 1.67 bits per heavy atom. The molecule has 0 aliphatic rings. The van der Waals surface area contributed by atoms with Crippen LogP contribution in [0.4, 0.5) is 5.69 Å². The van der Waals surface area contributed by atoms with Gasteiger partial charge in [0.15, 0.2) is 0 Å². The maximum atomic E-state index is 7.41. The Kier molecular flexibility index (Phi) is 0.962. The molecule has 0 atom stereocenters. The van der Waals surface area contributed by atoms with E-state index in [1.54, 1.807) is 6.92 Å². The molecule has 2 heteroatoms. The summed E-state index contributed by atoms with van der Waals surface area (Å²) < 4.78 is 22.6. The number of halogens is 1. The predicted molar refractivity (Wildman–Crippen MR) is 43.3 cm³/mol. The van der Waals surface area contributed by atoms with Crippen molar-refractivity contribution in [2.24, 2.45) is 0 Å². The van der Waals surface area contributed by atoms with Crippen molar-refractivity contribution in [3.8, 4) is 0 Å². The van der Waals surface area contributed by atoms with Crippen molar-refractivity contribution in [3.63, 3.8) is 0 Å². The van der Waals surface area contributed by atoms with Crippen molar-refractivity contribution >= 4 is 21.6 Å². The molecule has 0 saturated heterocycles. The molecule has 0 aliphatic carbocycles. The normalized spacial score (nSPS) is 14.2. The molecule has 0 radical (unpaired) electrons. The van der Waals surface area contributed by atoms with Crippen molar-refractivity contribution in [1.82, 2.24) is 0 Å². The lowest BCUT2D eigenvalue weighted by Crippen LogP contribution is -1.88. The van der Waals surface area contributed by atoms with Crippen LogP contribution in [0.2, 0.25) is 0 Å². The van der Waals surface area contributed by atoms with Crippen LogP contribution < -0.4 is 5.73 Å². The van der Waals surface area contributed by atoms with E-state index >= 15 is 0 Å². The summed E-state index contributed by atoms with van der Waals surface area (Å²) in [5.41, 5.74) is 6.45. The van der Waals surface area contributed by atoms with Crippen LogP contribution in [0, 0.1) is 6.92 Å². The molecule has 0 fully saturated rings. The van der Waals surface area contributed by atoms with Crippen LogP contribution >= 0.6 is 15.9 Å². The molecule has 0 saturated carbocycles. The minimum Gasteiger partial charge on any atom is -0.398 e. The fraction of sp³-hybridized carbons (Fsp3) is 0.143. The molecule has 9 heavy (non-hydrogen) atoms. The van der Waals surface area contributed by atoms with Gasteiger partial charge in [-0.05, 0) is 24.6 Å². The van der Waals surface area contributed by atoms with Crippen LogP contribution in [0.25, 0.3) is 0 Å². The molecule has 1 nitrogen and oxygen atoms in total. The SMILES string of the molecule is [2H]c1c([2H])c(N)c(C)c(Br)c1[2H]. The van der Waals surface area contributed by atoms with Crippen LogP contribution in [0.15, 0.2) is 22.6 Å². The van der Waals surface area contributed by atoms with E-state index in [1.165, 1.54) is 0 Å². The van der Waals surface area contributed by atoms with Crippen LogP contribution in [0.3, 0.4) is 0 Å². The van der Waals surface area contributed by atoms with Crippen LogP contribution in [0.1, 0.15) is 9.68 Å². The van der Waals surface area contributed by atoms with Crippen molar-refractivity contribution < 1.29 is 4.11 Å². The molecule has 48 valence electrons. The monoisotopic (exact) mass is 188 g/mol. The highest BCUT2D eigenvalue weighted by molar-refractivity contribution is 9.10. The standard InChI is InChI=1S/C7H8BrN/c1-5-6(8)3-2-4-7(5)9/h2-4H,9H2,1H3/i2D,3D,4D. The van der Waals surface area contributed by atoms with Crippen molar-refractivity contribution in [1.29, 1.82) is 0 Å². The fourth-order valence-electron chi connectivity index (χ4n) is 0.459. The topological polar surface area (TPSA) is 26.0 Å². The molecule has 0 aliphatic heterocycles. The molecular weight excluding hydrogens is 178 g/mol. The van der Waals surface area contributed by atoms with Gasteiger partial charge in [-0.1, -0.05) is 22.0 Å². The summed E-state index contributed by atoms with van der Waals surface area (Å²) in [5.74, 6) is 0. The maximum absolute atomic E-state index is 7.41. The third-order valence-electron chi connectivity index (χ3n) is 1.10. The Labute approximate surface area is 67.2 Å². The minimum absolute atomic E-state index is 0.0201. The van der Waals surface area contributed by atoms with E-state index in [-0.39, 0.29) is 23.8 Å². The summed E-state index contributed by atoms with van der Waals surface area (Å²) in [6.45, 7) is 1.72. The maximum Gasteiger partial charge on any atom is 0.0645 e. The van der Waals surface area contributed by atoms with Crippen molar-refractivity contribution in [2.45, 2.75) is 6.92 Å². The van der Waals surface area contributed by atoms with Crippen LogP contribution in [-0.2, 0) is 0 Å².